The fraction of sp³-hybridized carbons (Fsp3) is 0.308. The van der Waals surface area contributed by atoms with Crippen LogP contribution in [0.15, 0.2) is 18.3 Å². The van der Waals surface area contributed by atoms with Gasteiger partial charge >= 0.3 is 0 Å². The number of pyridine rings is 1. The molecule has 0 fully saturated rings. The molecule has 0 radical (unpaired) electrons. The van der Waals surface area contributed by atoms with Gasteiger partial charge in [-0.3, -0.25) is 10.1 Å². The quantitative estimate of drug-likeness (QED) is 0.901. The molecule has 6 heteroatoms. The number of carbonyl (C=O) groups is 1. The van der Waals surface area contributed by atoms with Crippen molar-refractivity contribution < 1.29 is 4.79 Å². The summed E-state index contributed by atoms with van der Waals surface area (Å²) in [4.78, 5) is 21.9. The van der Waals surface area contributed by atoms with Gasteiger partial charge in [0.15, 0.2) is 5.13 Å². The third-order valence-electron chi connectivity index (χ3n) is 3.10. The maximum absolute atomic E-state index is 12.0. The Hall–Kier alpha value is -1.95. The molecule has 0 aromatic carbocycles. The standard InChI is InChI=1S/C13H14N4OS/c1-14-8-5-6-10(15-7-8)12(18)17-13-16-9-3-2-4-11(9)19-13/h5-7,14H,2-4H2,1H3,(H,16,17,18). The van der Waals surface area contributed by atoms with Crippen LogP contribution in [0.1, 0.15) is 27.5 Å². The largest absolute Gasteiger partial charge is 0.387 e. The van der Waals surface area contributed by atoms with Crippen molar-refractivity contribution in [3.63, 3.8) is 0 Å². The van der Waals surface area contributed by atoms with E-state index in [1.54, 1.807) is 23.6 Å². The molecule has 5 nitrogen and oxygen atoms in total. The molecule has 1 amide bonds. The Morgan fingerprint density at radius 1 is 1.37 bits per heavy atom. The van der Waals surface area contributed by atoms with Crippen LogP contribution in [0.4, 0.5) is 10.8 Å². The van der Waals surface area contributed by atoms with Crippen LogP contribution in [0, 0.1) is 0 Å². The molecular weight excluding hydrogens is 260 g/mol. The Kier molecular flexibility index (Phi) is 3.16. The summed E-state index contributed by atoms with van der Waals surface area (Å²) in [6.45, 7) is 0. The Labute approximate surface area is 115 Å². The van der Waals surface area contributed by atoms with Crippen LogP contribution in [0.3, 0.4) is 0 Å². The van der Waals surface area contributed by atoms with Crippen LogP contribution >= 0.6 is 11.3 Å². The number of nitrogens with zero attached hydrogens (tertiary/aromatic N) is 2. The number of carbonyl (C=O) groups excluding carboxylic acids is 1. The summed E-state index contributed by atoms with van der Waals surface area (Å²) in [5, 5.41) is 6.45. The summed E-state index contributed by atoms with van der Waals surface area (Å²) in [7, 11) is 1.81. The first kappa shape index (κ1) is 12.1. The lowest BCUT2D eigenvalue weighted by atomic mass is 10.3. The van der Waals surface area contributed by atoms with Gasteiger partial charge in [-0.15, -0.1) is 11.3 Å². The van der Waals surface area contributed by atoms with E-state index in [9.17, 15) is 4.79 Å². The molecule has 1 aliphatic rings. The van der Waals surface area contributed by atoms with Gasteiger partial charge in [-0.05, 0) is 31.4 Å². The lowest BCUT2D eigenvalue weighted by Crippen LogP contribution is -2.13. The molecule has 0 bridgehead atoms. The van der Waals surface area contributed by atoms with E-state index in [1.165, 1.54) is 11.3 Å². The average molecular weight is 274 g/mol. The van der Waals surface area contributed by atoms with Gasteiger partial charge in [0, 0.05) is 11.9 Å². The van der Waals surface area contributed by atoms with E-state index in [-0.39, 0.29) is 5.91 Å². The fourth-order valence-electron chi connectivity index (χ4n) is 2.08. The second-order valence-electron chi connectivity index (χ2n) is 4.38. The molecule has 98 valence electrons. The van der Waals surface area contributed by atoms with Crippen LogP contribution in [-0.2, 0) is 12.8 Å². The molecule has 0 saturated carbocycles. The van der Waals surface area contributed by atoms with Crippen LogP contribution in [0.5, 0.6) is 0 Å². The lowest BCUT2D eigenvalue weighted by Gasteiger charge is -2.02. The second-order valence-corrected chi connectivity index (χ2v) is 5.46. The first-order valence-corrected chi connectivity index (χ1v) is 7.01. The Bertz CT molecular complexity index is 584. The zero-order valence-corrected chi connectivity index (χ0v) is 11.4. The Balaban J connectivity index is 1.72. The lowest BCUT2D eigenvalue weighted by molar-refractivity contribution is 0.102. The van der Waals surface area contributed by atoms with Crippen molar-refractivity contribution in [2.24, 2.45) is 0 Å². The summed E-state index contributed by atoms with van der Waals surface area (Å²) >= 11 is 1.57. The summed E-state index contributed by atoms with van der Waals surface area (Å²) in [6, 6.07) is 3.52. The van der Waals surface area contributed by atoms with Crippen molar-refractivity contribution in [1.82, 2.24) is 9.97 Å². The van der Waals surface area contributed by atoms with Crippen LogP contribution in [0.2, 0.25) is 0 Å². The summed E-state index contributed by atoms with van der Waals surface area (Å²) in [5.41, 5.74) is 2.41. The number of hydrogen-bond acceptors (Lipinski definition) is 5. The maximum atomic E-state index is 12.0. The molecule has 0 unspecified atom stereocenters. The van der Waals surface area contributed by atoms with Crippen LogP contribution < -0.4 is 10.6 Å². The third kappa shape index (κ3) is 2.44. The highest BCUT2D eigenvalue weighted by Gasteiger charge is 2.18. The monoisotopic (exact) mass is 274 g/mol. The number of hydrogen-bond donors (Lipinski definition) is 2. The molecule has 0 atom stereocenters. The van der Waals surface area contributed by atoms with Crippen LogP contribution in [0.25, 0.3) is 0 Å². The highest BCUT2D eigenvalue weighted by Crippen LogP contribution is 2.30. The van der Waals surface area contributed by atoms with E-state index in [4.69, 9.17) is 0 Å². The number of nitrogens with one attached hydrogen (secondary N) is 2. The Morgan fingerprint density at radius 3 is 2.95 bits per heavy atom. The zero-order chi connectivity index (χ0) is 13.2. The van der Waals surface area contributed by atoms with Gasteiger partial charge in [-0.25, -0.2) is 9.97 Å². The number of thiazole rings is 1. The topological polar surface area (TPSA) is 66.9 Å². The predicted molar refractivity (Wildman–Crippen MR) is 75.9 cm³/mol. The number of aromatic nitrogens is 2. The van der Waals surface area contributed by atoms with Crippen molar-refractivity contribution in [1.29, 1.82) is 0 Å². The average Bonchev–Trinajstić information content (AvgIpc) is 2.99. The minimum absolute atomic E-state index is 0.213. The Morgan fingerprint density at radius 2 is 2.26 bits per heavy atom. The molecule has 0 aliphatic heterocycles. The minimum atomic E-state index is -0.213. The van der Waals surface area contributed by atoms with Crippen molar-refractivity contribution in [2.75, 3.05) is 17.7 Å². The molecule has 0 saturated heterocycles. The molecule has 2 aromatic heterocycles. The minimum Gasteiger partial charge on any atom is -0.387 e. The number of anilines is 2. The predicted octanol–water partition coefficient (Wildman–Crippen LogP) is 2.32. The highest BCUT2D eigenvalue weighted by molar-refractivity contribution is 7.15. The zero-order valence-electron chi connectivity index (χ0n) is 10.6. The normalized spacial score (nSPS) is 13.1. The summed E-state index contributed by atoms with van der Waals surface area (Å²) in [6.07, 6.45) is 4.92. The first-order chi connectivity index (χ1) is 9.26. The van der Waals surface area contributed by atoms with E-state index >= 15 is 0 Å². The van der Waals surface area contributed by atoms with Gasteiger partial charge in [0.25, 0.3) is 5.91 Å². The highest BCUT2D eigenvalue weighted by atomic mass is 32.1. The molecule has 0 spiro atoms. The van der Waals surface area contributed by atoms with Crippen molar-refractivity contribution in [2.45, 2.75) is 19.3 Å². The van der Waals surface area contributed by atoms with Crippen molar-refractivity contribution in [3.8, 4) is 0 Å². The number of fused-ring (bicyclic) bond motifs is 1. The summed E-state index contributed by atoms with van der Waals surface area (Å²) < 4.78 is 0. The van der Waals surface area contributed by atoms with E-state index in [0.29, 0.717) is 10.8 Å². The fourth-order valence-corrected chi connectivity index (χ4v) is 3.13. The van der Waals surface area contributed by atoms with E-state index in [1.807, 2.05) is 13.1 Å². The van der Waals surface area contributed by atoms with Gasteiger partial charge in [-0.2, -0.15) is 0 Å². The third-order valence-corrected chi connectivity index (χ3v) is 4.17. The van der Waals surface area contributed by atoms with E-state index in [0.717, 1.165) is 24.2 Å². The number of rotatable bonds is 3. The van der Waals surface area contributed by atoms with Gasteiger partial charge < -0.3 is 5.32 Å². The van der Waals surface area contributed by atoms with Crippen molar-refractivity contribution in [3.05, 3.63) is 34.6 Å². The molecule has 19 heavy (non-hydrogen) atoms. The van der Waals surface area contributed by atoms with Crippen molar-refractivity contribution >= 4 is 28.1 Å². The molecule has 1 aliphatic carbocycles. The maximum Gasteiger partial charge on any atom is 0.276 e. The number of amides is 1. The van der Waals surface area contributed by atoms with Gasteiger partial charge in [-0.1, -0.05) is 0 Å². The second kappa shape index (κ2) is 4.97. The van der Waals surface area contributed by atoms with Gasteiger partial charge in [0.1, 0.15) is 5.69 Å². The molecular formula is C13H14N4OS. The van der Waals surface area contributed by atoms with Crippen LogP contribution in [-0.4, -0.2) is 22.9 Å². The molecule has 3 rings (SSSR count). The van der Waals surface area contributed by atoms with Gasteiger partial charge in [0.05, 0.1) is 17.6 Å². The van der Waals surface area contributed by atoms with Gasteiger partial charge in [0.2, 0.25) is 0 Å². The number of aryl methyl sites for hydroxylation is 2. The molecule has 2 aromatic rings. The molecule has 2 N–H and O–H groups in total. The van der Waals surface area contributed by atoms with E-state index < -0.39 is 0 Å². The summed E-state index contributed by atoms with van der Waals surface area (Å²) in [5.74, 6) is -0.213. The molecule has 2 heterocycles. The van der Waals surface area contributed by atoms with E-state index in [2.05, 4.69) is 20.6 Å². The smallest absolute Gasteiger partial charge is 0.276 e. The SMILES string of the molecule is CNc1ccc(C(=O)Nc2nc3c(s2)CCC3)nc1. The first-order valence-electron chi connectivity index (χ1n) is 6.20.